The minimum absolute atomic E-state index is 0.0736. The number of hydrogen-bond acceptors (Lipinski definition) is 5. The Morgan fingerprint density at radius 3 is 2.39 bits per heavy atom. The van der Waals surface area contributed by atoms with Crippen molar-refractivity contribution in [1.29, 1.82) is 0 Å². The van der Waals surface area contributed by atoms with Gasteiger partial charge in [0.1, 0.15) is 5.82 Å². The number of nitrogens with one attached hydrogen (secondary N) is 2. The third kappa shape index (κ3) is 5.20. The van der Waals surface area contributed by atoms with Gasteiger partial charge in [-0.05, 0) is 43.2 Å². The second kappa shape index (κ2) is 8.85. The summed E-state index contributed by atoms with van der Waals surface area (Å²) in [6.07, 6.45) is 3.55. The molecule has 0 bridgehead atoms. The van der Waals surface area contributed by atoms with E-state index in [0.29, 0.717) is 35.7 Å². The summed E-state index contributed by atoms with van der Waals surface area (Å²) < 4.78 is 12.9. The summed E-state index contributed by atoms with van der Waals surface area (Å²) in [5.41, 5.74) is 2.35. The highest BCUT2D eigenvalue weighted by molar-refractivity contribution is 6.04. The van der Waals surface area contributed by atoms with E-state index >= 15 is 0 Å². The number of carbonyl (C=O) groups excluding carboxylic acids is 2. The number of anilines is 2. The molecule has 3 rings (SSSR count). The number of rotatable bonds is 7. The van der Waals surface area contributed by atoms with Gasteiger partial charge in [-0.25, -0.2) is 14.4 Å². The minimum atomic E-state index is -0.362. The first kappa shape index (κ1) is 19.2. The topological polar surface area (TPSA) is 84.0 Å². The van der Waals surface area contributed by atoms with Gasteiger partial charge in [-0.1, -0.05) is 24.3 Å². The summed E-state index contributed by atoms with van der Waals surface area (Å²) >= 11 is 0. The molecule has 1 amide bonds. The molecule has 2 N–H and O–H groups in total. The van der Waals surface area contributed by atoms with E-state index in [-0.39, 0.29) is 17.5 Å². The molecule has 0 aliphatic rings. The van der Waals surface area contributed by atoms with Gasteiger partial charge in [0.2, 0.25) is 5.95 Å². The molecule has 0 atom stereocenters. The van der Waals surface area contributed by atoms with Crippen LogP contribution in [0.3, 0.4) is 0 Å². The van der Waals surface area contributed by atoms with Crippen LogP contribution in [0.1, 0.15) is 33.2 Å². The number of hydrogen-bond donors (Lipinski definition) is 2. The van der Waals surface area contributed by atoms with Crippen LogP contribution in [-0.2, 0) is 6.42 Å². The quantitative estimate of drug-likeness (QED) is 0.612. The van der Waals surface area contributed by atoms with Crippen molar-refractivity contribution in [2.24, 2.45) is 0 Å². The normalized spacial score (nSPS) is 10.4. The second-order valence-corrected chi connectivity index (χ2v) is 6.19. The highest BCUT2D eigenvalue weighted by Gasteiger charge is 2.09. The smallest absolute Gasteiger partial charge is 0.258 e. The van der Waals surface area contributed by atoms with E-state index in [4.69, 9.17) is 0 Å². The molecule has 0 saturated carbocycles. The van der Waals surface area contributed by atoms with E-state index in [2.05, 4.69) is 20.6 Å². The lowest BCUT2D eigenvalue weighted by molar-refractivity contribution is 0.101. The van der Waals surface area contributed by atoms with Gasteiger partial charge >= 0.3 is 0 Å². The monoisotopic (exact) mass is 378 g/mol. The Morgan fingerprint density at radius 2 is 1.71 bits per heavy atom. The van der Waals surface area contributed by atoms with Crippen molar-refractivity contribution < 1.29 is 14.0 Å². The summed E-state index contributed by atoms with van der Waals surface area (Å²) in [5.74, 6) is -0.298. The molecule has 0 spiro atoms. The van der Waals surface area contributed by atoms with Crippen LogP contribution in [0.2, 0.25) is 0 Å². The molecule has 7 heteroatoms. The van der Waals surface area contributed by atoms with Crippen LogP contribution < -0.4 is 10.6 Å². The molecule has 28 heavy (non-hydrogen) atoms. The third-order valence-corrected chi connectivity index (χ3v) is 4.05. The number of benzene rings is 2. The van der Waals surface area contributed by atoms with Gasteiger partial charge in [-0.2, -0.15) is 0 Å². The molecule has 0 aliphatic heterocycles. The van der Waals surface area contributed by atoms with Gasteiger partial charge in [-0.15, -0.1) is 0 Å². The first-order valence-corrected chi connectivity index (χ1v) is 8.74. The molecule has 3 aromatic rings. The first-order valence-electron chi connectivity index (χ1n) is 8.74. The first-order chi connectivity index (χ1) is 13.5. The maximum atomic E-state index is 12.9. The van der Waals surface area contributed by atoms with Crippen molar-refractivity contribution in [2.45, 2.75) is 13.3 Å². The van der Waals surface area contributed by atoms with Crippen molar-refractivity contribution in [3.8, 4) is 0 Å². The average molecular weight is 378 g/mol. The average Bonchev–Trinajstić information content (AvgIpc) is 2.70. The summed E-state index contributed by atoms with van der Waals surface area (Å²) in [7, 11) is 0. The van der Waals surface area contributed by atoms with E-state index < -0.39 is 0 Å². The molecule has 0 fully saturated rings. The van der Waals surface area contributed by atoms with E-state index in [1.165, 1.54) is 31.5 Å². The Balaban J connectivity index is 1.54. The van der Waals surface area contributed by atoms with E-state index in [1.54, 1.807) is 36.4 Å². The van der Waals surface area contributed by atoms with Crippen LogP contribution in [0.5, 0.6) is 0 Å². The van der Waals surface area contributed by atoms with Crippen LogP contribution in [0.4, 0.5) is 16.0 Å². The van der Waals surface area contributed by atoms with Crippen molar-refractivity contribution in [3.63, 3.8) is 0 Å². The zero-order valence-electron chi connectivity index (χ0n) is 15.3. The summed E-state index contributed by atoms with van der Waals surface area (Å²) in [6.45, 7) is 2.05. The lowest BCUT2D eigenvalue weighted by atomic mass is 10.1. The largest absolute Gasteiger partial charge is 0.354 e. The van der Waals surface area contributed by atoms with Crippen molar-refractivity contribution in [3.05, 3.63) is 83.4 Å². The summed E-state index contributed by atoms with van der Waals surface area (Å²) in [4.78, 5) is 32.0. The Morgan fingerprint density at radius 1 is 1.00 bits per heavy atom. The fourth-order valence-electron chi connectivity index (χ4n) is 2.53. The Kier molecular flexibility index (Phi) is 6.06. The molecule has 0 unspecified atom stereocenters. The highest BCUT2D eigenvalue weighted by Crippen LogP contribution is 2.13. The number of ketones is 1. The van der Waals surface area contributed by atoms with E-state index in [9.17, 15) is 14.0 Å². The molecule has 2 aromatic carbocycles. The van der Waals surface area contributed by atoms with Crippen LogP contribution in [0, 0.1) is 5.82 Å². The summed E-state index contributed by atoms with van der Waals surface area (Å²) in [5, 5.41) is 5.78. The number of aromatic nitrogens is 2. The van der Waals surface area contributed by atoms with Crippen LogP contribution in [0.25, 0.3) is 0 Å². The molecule has 142 valence electrons. The van der Waals surface area contributed by atoms with Gasteiger partial charge in [0.25, 0.3) is 5.91 Å². The zero-order valence-corrected chi connectivity index (χ0v) is 15.3. The maximum absolute atomic E-state index is 12.9. The Labute approximate surface area is 161 Å². The molecule has 6 nitrogen and oxygen atoms in total. The predicted molar refractivity (Wildman–Crippen MR) is 105 cm³/mol. The zero-order chi connectivity index (χ0) is 19.9. The molecule has 1 heterocycles. The van der Waals surface area contributed by atoms with Crippen LogP contribution >= 0.6 is 0 Å². The fraction of sp³-hybridized carbons (Fsp3) is 0.143. The number of nitrogens with zero attached hydrogens (tertiary/aromatic N) is 2. The number of halogens is 1. The Bertz CT molecular complexity index is 972. The van der Waals surface area contributed by atoms with E-state index in [1.807, 2.05) is 0 Å². The number of amides is 1. The van der Waals surface area contributed by atoms with Crippen molar-refractivity contribution in [1.82, 2.24) is 9.97 Å². The third-order valence-electron chi connectivity index (χ3n) is 4.05. The van der Waals surface area contributed by atoms with Gasteiger partial charge in [0, 0.05) is 30.2 Å². The van der Waals surface area contributed by atoms with Gasteiger partial charge in [0.15, 0.2) is 5.78 Å². The number of carbonyl (C=O) groups is 2. The minimum Gasteiger partial charge on any atom is -0.354 e. The van der Waals surface area contributed by atoms with E-state index in [0.717, 1.165) is 5.56 Å². The fourth-order valence-corrected chi connectivity index (χ4v) is 2.53. The molecule has 1 aromatic heterocycles. The maximum Gasteiger partial charge on any atom is 0.258 e. The van der Waals surface area contributed by atoms with Gasteiger partial charge < -0.3 is 10.6 Å². The van der Waals surface area contributed by atoms with Gasteiger partial charge in [0.05, 0.1) is 5.56 Å². The van der Waals surface area contributed by atoms with Crippen LogP contribution in [0.15, 0.2) is 60.9 Å². The number of Topliss-reactive ketones (excluding diaryl/α,β-unsaturated/α-hetero) is 1. The van der Waals surface area contributed by atoms with Crippen molar-refractivity contribution >= 4 is 23.3 Å². The Hall–Kier alpha value is -3.61. The molecule has 0 saturated heterocycles. The summed E-state index contributed by atoms with van der Waals surface area (Å²) in [6, 6.07) is 13.0. The SMILES string of the molecule is CC(=O)c1cccc(NC(=O)c2cnc(NCCc3ccc(F)cc3)nc2)c1. The molecule has 0 aliphatic carbocycles. The lowest BCUT2D eigenvalue weighted by Crippen LogP contribution is -2.14. The second-order valence-electron chi connectivity index (χ2n) is 6.19. The van der Waals surface area contributed by atoms with Crippen molar-refractivity contribution in [2.75, 3.05) is 17.2 Å². The molecular weight excluding hydrogens is 359 g/mol. The molecule has 0 radical (unpaired) electrons. The molecular formula is C21H19FN4O2. The van der Waals surface area contributed by atoms with Crippen LogP contribution in [-0.4, -0.2) is 28.2 Å². The highest BCUT2D eigenvalue weighted by atomic mass is 19.1. The standard InChI is InChI=1S/C21H19FN4O2/c1-14(27)16-3-2-4-19(11-16)26-20(28)17-12-24-21(25-13-17)23-10-9-15-5-7-18(22)8-6-15/h2-8,11-13H,9-10H2,1H3,(H,26,28)(H,23,24,25). The lowest BCUT2D eigenvalue weighted by Gasteiger charge is -2.08. The van der Waals surface area contributed by atoms with Gasteiger partial charge in [-0.3, -0.25) is 9.59 Å². The predicted octanol–water partition coefficient (Wildman–Crippen LogP) is 3.73.